The summed E-state index contributed by atoms with van der Waals surface area (Å²) in [4.78, 5) is 1.01. The van der Waals surface area contributed by atoms with Crippen LogP contribution < -0.4 is 0 Å². The number of rotatable bonds is 3. The van der Waals surface area contributed by atoms with E-state index in [0.29, 0.717) is 12.2 Å². The monoisotopic (exact) mass is 280 g/mol. The van der Waals surface area contributed by atoms with Gasteiger partial charge in [0.2, 0.25) is 0 Å². The molecule has 20 heavy (non-hydrogen) atoms. The SMILES string of the molecule is Cc1ccccc1Cn1nnc(C#N)c1-c1cccs1. The quantitative estimate of drug-likeness (QED) is 0.740. The molecule has 2 aromatic heterocycles. The van der Waals surface area contributed by atoms with E-state index in [1.54, 1.807) is 16.0 Å². The van der Waals surface area contributed by atoms with Gasteiger partial charge in [0.1, 0.15) is 11.8 Å². The van der Waals surface area contributed by atoms with Gasteiger partial charge in [-0.05, 0) is 29.5 Å². The molecule has 0 bridgehead atoms. The summed E-state index contributed by atoms with van der Waals surface area (Å²) >= 11 is 1.59. The van der Waals surface area contributed by atoms with Gasteiger partial charge in [0, 0.05) is 0 Å². The average molecular weight is 280 g/mol. The lowest BCUT2D eigenvalue weighted by molar-refractivity contribution is 0.654. The number of nitriles is 1. The highest BCUT2D eigenvalue weighted by atomic mass is 32.1. The first-order valence-electron chi connectivity index (χ1n) is 6.21. The second-order valence-electron chi connectivity index (χ2n) is 4.46. The van der Waals surface area contributed by atoms with E-state index in [4.69, 9.17) is 0 Å². The van der Waals surface area contributed by atoms with Crippen molar-refractivity contribution >= 4 is 11.3 Å². The predicted molar refractivity (Wildman–Crippen MR) is 78.3 cm³/mol. The largest absolute Gasteiger partial charge is 0.238 e. The molecule has 1 aromatic carbocycles. The van der Waals surface area contributed by atoms with E-state index in [0.717, 1.165) is 10.6 Å². The number of benzene rings is 1. The molecule has 0 fully saturated rings. The van der Waals surface area contributed by atoms with Gasteiger partial charge in [0.15, 0.2) is 5.69 Å². The summed E-state index contributed by atoms with van der Waals surface area (Å²) < 4.78 is 1.80. The van der Waals surface area contributed by atoms with E-state index in [9.17, 15) is 5.26 Å². The third-order valence-electron chi connectivity index (χ3n) is 3.18. The van der Waals surface area contributed by atoms with Crippen LogP contribution in [0.1, 0.15) is 16.8 Å². The first kappa shape index (κ1) is 12.6. The van der Waals surface area contributed by atoms with Crippen LogP contribution >= 0.6 is 11.3 Å². The molecular formula is C15H12N4S. The van der Waals surface area contributed by atoms with Crippen LogP contribution in [-0.4, -0.2) is 15.0 Å². The van der Waals surface area contributed by atoms with Crippen LogP contribution in [0.5, 0.6) is 0 Å². The normalized spacial score (nSPS) is 10.4. The maximum absolute atomic E-state index is 9.19. The number of aromatic nitrogens is 3. The van der Waals surface area contributed by atoms with Crippen molar-refractivity contribution in [3.63, 3.8) is 0 Å². The molecule has 0 saturated heterocycles. The topological polar surface area (TPSA) is 54.5 Å². The summed E-state index contributed by atoms with van der Waals surface area (Å²) in [5, 5.41) is 19.3. The third-order valence-corrected chi connectivity index (χ3v) is 4.05. The van der Waals surface area contributed by atoms with Crippen molar-refractivity contribution in [2.45, 2.75) is 13.5 Å². The van der Waals surface area contributed by atoms with Gasteiger partial charge in [-0.3, -0.25) is 0 Å². The van der Waals surface area contributed by atoms with E-state index < -0.39 is 0 Å². The van der Waals surface area contributed by atoms with Gasteiger partial charge in [0.25, 0.3) is 0 Å². The molecule has 3 aromatic rings. The highest BCUT2D eigenvalue weighted by Crippen LogP contribution is 2.27. The summed E-state index contributed by atoms with van der Waals surface area (Å²) in [5.41, 5.74) is 3.56. The molecule has 0 aliphatic rings. The van der Waals surface area contributed by atoms with Crippen LogP contribution in [0.4, 0.5) is 0 Å². The second kappa shape index (κ2) is 5.27. The van der Waals surface area contributed by atoms with Crippen molar-refractivity contribution in [2.75, 3.05) is 0 Å². The fourth-order valence-electron chi connectivity index (χ4n) is 2.11. The van der Waals surface area contributed by atoms with Crippen molar-refractivity contribution in [2.24, 2.45) is 0 Å². The van der Waals surface area contributed by atoms with Gasteiger partial charge in [-0.1, -0.05) is 35.5 Å². The van der Waals surface area contributed by atoms with E-state index >= 15 is 0 Å². The number of nitrogens with zero attached hydrogens (tertiary/aromatic N) is 4. The van der Waals surface area contributed by atoms with Crippen molar-refractivity contribution in [1.82, 2.24) is 15.0 Å². The molecule has 0 aliphatic carbocycles. The molecule has 0 spiro atoms. The van der Waals surface area contributed by atoms with Crippen LogP contribution in [-0.2, 0) is 6.54 Å². The number of aryl methyl sites for hydroxylation is 1. The second-order valence-corrected chi connectivity index (χ2v) is 5.41. The van der Waals surface area contributed by atoms with Crippen LogP contribution in [0.15, 0.2) is 41.8 Å². The van der Waals surface area contributed by atoms with Crippen LogP contribution in [0.25, 0.3) is 10.6 Å². The van der Waals surface area contributed by atoms with Crippen LogP contribution in [0.2, 0.25) is 0 Å². The molecule has 0 aliphatic heterocycles. The molecule has 0 amide bonds. The van der Waals surface area contributed by atoms with Crippen LogP contribution in [0, 0.1) is 18.3 Å². The van der Waals surface area contributed by atoms with Gasteiger partial charge in [-0.15, -0.1) is 16.4 Å². The molecule has 0 saturated carbocycles. The smallest absolute Gasteiger partial charge is 0.191 e. The van der Waals surface area contributed by atoms with Crippen molar-refractivity contribution in [3.8, 4) is 16.6 Å². The van der Waals surface area contributed by atoms with Gasteiger partial charge in [-0.25, -0.2) is 4.68 Å². The lowest BCUT2D eigenvalue weighted by Gasteiger charge is -2.07. The Bertz CT molecular complexity index is 766. The van der Waals surface area contributed by atoms with E-state index in [1.165, 1.54) is 11.1 Å². The first-order chi connectivity index (χ1) is 9.79. The minimum absolute atomic E-state index is 0.376. The zero-order valence-electron chi connectivity index (χ0n) is 10.9. The summed E-state index contributed by atoms with van der Waals surface area (Å²) in [6, 6.07) is 14.2. The van der Waals surface area contributed by atoms with Crippen molar-refractivity contribution < 1.29 is 0 Å². The first-order valence-corrected chi connectivity index (χ1v) is 7.09. The zero-order valence-corrected chi connectivity index (χ0v) is 11.8. The fourth-order valence-corrected chi connectivity index (χ4v) is 2.88. The molecular weight excluding hydrogens is 268 g/mol. The van der Waals surface area contributed by atoms with Gasteiger partial charge < -0.3 is 0 Å². The Labute approximate surface area is 120 Å². The molecule has 0 unspecified atom stereocenters. The Morgan fingerprint density at radius 1 is 1.25 bits per heavy atom. The Kier molecular flexibility index (Phi) is 3.32. The highest BCUT2D eigenvalue weighted by Gasteiger charge is 2.16. The number of hydrogen-bond acceptors (Lipinski definition) is 4. The molecule has 3 rings (SSSR count). The van der Waals surface area contributed by atoms with Gasteiger partial charge >= 0.3 is 0 Å². The molecule has 0 N–H and O–H groups in total. The average Bonchev–Trinajstić information content (AvgIpc) is 3.09. The van der Waals surface area contributed by atoms with E-state index in [1.807, 2.05) is 29.6 Å². The van der Waals surface area contributed by atoms with Crippen molar-refractivity contribution in [3.05, 3.63) is 58.6 Å². The maximum atomic E-state index is 9.19. The lowest BCUT2D eigenvalue weighted by atomic mass is 10.1. The van der Waals surface area contributed by atoms with E-state index in [2.05, 4.69) is 35.4 Å². The van der Waals surface area contributed by atoms with Crippen molar-refractivity contribution in [1.29, 1.82) is 5.26 Å². The standard InChI is InChI=1S/C15H12N4S/c1-11-5-2-3-6-12(11)10-19-15(13(9-16)17-18-19)14-7-4-8-20-14/h2-8H,10H2,1H3. The Hall–Kier alpha value is -2.45. The Balaban J connectivity index is 2.06. The summed E-state index contributed by atoms with van der Waals surface area (Å²) in [6.07, 6.45) is 0. The molecule has 98 valence electrons. The Morgan fingerprint density at radius 3 is 2.80 bits per heavy atom. The molecule has 2 heterocycles. The summed E-state index contributed by atoms with van der Waals surface area (Å²) in [7, 11) is 0. The maximum Gasteiger partial charge on any atom is 0.191 e. The molecule has 0 atom stereocenters. The predicted octanol–water partition coefficient (Wildman–Crippen LogP) is 3.24. The zero-order chi connectivity index (χ0) is 13.9. The summed E-state index contributed by atoms with van der Waals surface area (Å²) in [6.45, 7) is 2.69. The summed E-state index contributed by atoms with van der Waals surface area (Å²) in [5.74, 6) is 0. The molecule has 5 heteroatoms. The third kappa shape index (κ3) is 2.22. The molecule has 4 nitrogen and oxygen atoms in total. The van der Waals surface area contributed by atoms with Crippen LogP contribution in [0.3, 0.4) is 0 Å². The minimum atomic E-state index is 0.376. The van der Waals surface area contributed by atoms with Gasteiger partial charge in [-0.2, -0.15) is 5.26 Å². The van der Waals surface area contributed by atoms with Gasteiger partial charge in [0.05, 0.1) is 11.4 Å². The Morgan fingerprint density at radius 2 is 2.10 bits per heavy atom. The highest BCUT2D eigenvalue weighted by molar-refractivity contribution is 7.13. The lowest BCUT2D eigenvalue weighted by Crippen LogP contribution is -2.05. The fraction of sp³-hybridized carbons (Fsp3) is 0.133. The minimum Gasteiger partial charge on any atom is -0.238 e. The number of thiophene rings is 1. The molecule has 0 radical (unpaired) electrons. The number of hydrogen-bond donors (Lipinski definition) is 0. The van der Waals surface area contributed by atoms with E-state index in [-0.39, 0.29) is 0 Å².